The number of hydrogen-bond donors (Lipinski definition) is 2. The highest BCUT2D eigenvalue weighted by Gasteiger charge is 2.14. The van der Waals surface area contributed by atoms with E-state index in [-0.39, 0.29) is 18.5 Å². The van der Waals surface area contributed by atoms with Gasteiger partial charge < -0.3 is 10.1 Å². The molecule has 7 heteroatoms. The van der Waals surface area contributed by atoms with Gasteiger partial charge in [-0.15, -0.1) is 0 Å². The predicted octanol–water partition coefficient (Wildman–Crippen LogP) is 2.07. The molecule has 0 fully saturated rings. The molecule has 2 rings (SSSR count). The van der Waals surface area contributed by atoms with Crippen LogP contribution >= 0.6 is 12.2 Å². The summed E-state index contributed by atoms with van der Waals surface area (Å²) < 4.78 is 7.12. The molecular formula is C15H20N4O2S. The molecule has 2 aromatic rings. The standard InChI is InChI=1S/C15H20N4O2S/c1-10-5-4-6-12(7-10)14-17-18-15(22)19(14)8-13(20)16-11(2)9-21-3/h4-7,11H,8-9H2,1-3H3,(H,16,20)(H,18,22)/t11-/m0/s1. The summed E-state index contributed by atoms with van der Waals surface area (Å²) in [5, 5.41) is 9.85. The minimum Gasteiger partial charge on any atom is -0.383 e. The number of benzene rings is 1. The normalized spacial score (nSPS) is 12.1. The van der Waals surface area contributed by atoms with E-state index in [4.69, 9.17) is 17.0 Å². The second-order valence-electron chi connectivity index (χ2n) is 5.23. The Balaban J connectivity index is 2.20. The number of amides is 1. The highest BCUT2D eigenvalue weighted by atomic mass is 32.1. The molecule has 0 unspecified atom stereocenters. The van der Waals surface area contributed by atoms with E-state index in [1.807, 2.05) is 38.1 Å². The van der Waals surface area contributed by atoms with Gasteiger partial charge >= 0.3 is 0 Å². The van der Waals surface area contributed by atoms with Crippen molar-refractivity contribution in [3.63, 3.8) is 0 Å². The topological polar surface area (TPSA) is 71.9 Å². The molecule has 2 N–H and O–H groups in total. The number of rotatable bonds is 6. The molecule has 22 heavy (non-hydrogen) atoms. The average Bonchev–Trinajstić information content (AvgIpc) is 2.80. The molecule has 6 nitrogen and oxygen atoms in total. The fraction of sp³-hybridized carbons (Fsp3) is 0.400. The number of nitrogens with zero attached hydrogens (tertiary/aromatic N) is 2. The summed E-state index contributed by atoms with van der Waals surface area (Å²) in [6.07, 6.45) is 0. The van der Waals surface area contributed by atoms with E-state index in [1.165, 1.54) is 0 Å². The Hall–Kier alpha value is -1.99. The van der Waals surface area contributed by atoms with Crippen LogP contribution in [0, 0.1) is 11.7 Å². The van der Waals surface area contributed by atoms with Crippen LogP contribution in [0.25, 0.3) is 11.4 Å². The summed E-state index contributed by atoms with van der Waals surface area (Å²) >= 11 is 5.23. The third-order valence-electron chi connectivity index (χ3n) is 3.16. The van der Waals surface area contributed by atoms with Crippen molar-refractivity contribution >= 4 is 18.1 Å². The van der Waals surface area contributed by atoms with Crippen LogP contribution in [0.2, 0.25) is 0 Å². The molecule has 1 aromatic heterocycles. The smallest absolute Gasteiger partial charge is 0.240 e. The van der Waals surface area contributed by atoms with Gasteiger partial charge in [0.25, 0.3) is 0 Å². The van der Waals surface area contributed by atoms with Crippen LogP contribution in [-0.2, 0) is 16.1 Å². The number of aromatic amines is 1. The van der Waals surface area contributed by atoms with Gasteiger partial charge in [0.1, 0.15) is 6.54 Å². The summed E-state index contributed by atoms with van der Waals surface area (Å²) in [4.78, 5) is 12.1. The molecule has 0 spiro atoms. The van der Waals surface area contributed by atoms with Crippen molar-refractivity contribution in [3.8, 4) is 11.4 Å². The number of hydrogen-bond acceptors (Lipinski definition) is 4. The number of H-pyrrole nitrogens is 1. The fourth-order valence-corrected chi connectivity index (χ4v) is 2.42. The Kier molecular flexibility index (Phi) is 5.46. The molecule has 1 heterocycles. The van der Waals surface area contributed by atoms with Crippen LogP contribution in [0.3, 0.4) is 0 Å². The zero-order valence-electron chi connectivity index (χ0n) is 12.9. The van der Waals surface area contributed by atoms with Crippen molar-refractivity contribution in [2.24, 2.45) is 0 Å². The van der Waals surface area contributed by atoms with Crippen molar-refractivity contribution in [3.05, 3.63) is 34.6 Å². The molecule has 1 amide bonds. The number of aryl methyl sites for hydroxylation is 1. The van der Waals surface area contributed by atoms with Gasteiger partial charge in [0.05, 0.1) is 6.61 Å². The Morgan fingerprint density at radius 1 is 1.55 bits per heavy atom. The molecule has 0 saturated heterocycles. The van der Waals surface area contributed by atoms with Crippen LogP contribution in [-0.4, -0.2) is 40.4 Å². The number of ether oxygens (including phenoxy) is 1. The first-order chi connectivity index (χ1) is 10.5. The highest BCUT2D eigenvalue weighted by Crippen LogP contribution is 2.18. The second-order valence-corrected chi connectivity index (χ2v) is 5.62. The third-order valence-corrected chi connectivity index (χ3v) is 3.47. The van der Waals surface area contributed by atoms with Crippen molar-refractivity contribution in [1.82, 2.24) is 20.1 Å². The Bertz CT molecular complexity index is 708. The van der Waals surface area contributed by atoms with Gasteiger partial charge in [-0.1, -0.05) is 23.8 Å². The molecule has 118 valence electrons. The van der Waals surface area contributed by atoms with E-state index >= 15 is 0 Å². The SMILES string of the molecule is COC[C@H](C)NC(=O)Cn1c(-c2cccc(C)c2)n[nH]c1=S. The van der Waals surface area contributed by atoms with Crippen molar-refractivity contribution in [1.29, 1.82) is 0 Å². The maximum atomic E-state index is 12.1. The number of nitrogens with one attached hydrogen (secondary N) is 2. The molecule has 0 aliphatic rings. The lowest BCUT2D eigenvalue weighted by Gasteiger charge is -2.13. The lowest BCUT2D eigenvalue weighted by atomic mass is 10.1. The van der Waals surface area contributed by atoms with E-state index in [1.54, 1.807) is 11.7 Å². The molecule has 1 atom stereocenters. The number of carbonyl (C=O) groups excluding carboxylic acids is 1. The molecule has 0 bridgehead atoms. The van der Waals surface area contributed by atoms with E-state index in [2.05, 4.69) is 15.5 Å². The van der Waals surface area contributed by atoms with Crippen LogP contribution in [0.5, 0.6) is 0 Å². The predicted molar refractivity (Wildman–Crippen MR) is 87.1 cm³/mol. The first kappa shape index (κ1) is 16.4. The lowest BCUT2D eigenvalue weighted by Crippen LogP contribution is -2.37. The maximum Gasteiger partial charge on any atom is 0.240 e. The minimum absolute atomic E-state index is 0.0546. The summed E-state index contributed by atoms with van der Waals surface area (Å²) in [6.45, 7) is 4.48. The molecule has 0 aliphatic carbocycles. The fourth-order valence-electron chi connectivity index (χ4n) is 2.22. The molecule has 0 aliphatic heterocycles. The largest absolute Gasteiger partial charge is 0.383 e. The van der Waals surface area contributed by atoms with Crippen LogP contribution in [0.1, 0.15) is 12.5 Å². The Morgan fingerprint density at radius 3 is 3.00 bits per heavy atom. The lowest BCUT2D eigenvalue weighted by molar-refractivity contribution is -0.122. The van der Waals surface area contributed by atoms with E-state index in [9.17, 15) is 4.79 Å². The monoisotopic (exact) mass is 320 g/mol. The summed E-state index contributed by atoms with van der Waals surface area (Å²) in [5.74, 6) is 0.527. The number of carbonyl (C=O) groups is 1. The van der Waals surface area contributed by atoms with Gasteiger partial charge in [0.2, 0.25) is 5.91 Å². The molecule has 1 aromatic carbocycles. The van der Waals surface area contributed by atoms with Crippen LogP contribution in [0.15, 0.2) is 24.3 Å². The minimum atomic E-state index is -0.129. The van der Waals surface area contributed by atoms with Crippen molar-refractivity contribution in [2.45, 2.75) is 26.4 Å². The average molecular weight is 320 g/mol. The molecule has 0 saturated carbocycles. The summed E-state index contributed by atoms with van der Waals surface area (Å²) in [5.41, 5.74) is 2.04. The number of methoxy groups -OCH3 is 1. The van der Waals surface area contributed by atoms with Crippen molar-refractivity contribution < 1.29 is 9.53 Å². The summed E-state index contributed by atoms with van der Waals surface area (Å²) in [7, 11) is 1.60. The van der Waals surface area contributed by atoms with Gasteiger partial charge in [-0.2, -0.15) is 5.10 Å². The highest BCUT2D eigenvalue weighted by molar-refractivity contribution is 7.71. The molecule has 0 radical (unpaired) electrons. The first-order valence-corrected chi connectivity index (χ1v) is 7.42. The summed E-state index contributed by atoms with van der Waals surface area (Å²) in [6, 6.07) is 7.86. The van der Waals surface area contributed by atoms with Gasteiger partial charge in [-0.25, -0.2) is 0 Å². The maximum absolute atomic E-state index is 12.1. The third kappa shape index (κ3) is 4.02. The van der Waals surface area contributed by atoms with Gasteiger partial charge in [0, 0.05) is 18.7 Å². The Morgan fingerprint density at radius 2 is 2.32 bits per heavy atom. The Labute approximate surface area is 134 Å². The van der Waals surface area contributed by atoms with Crippen LogP contribution < -0.4 is 5.32 Å². The van der Waals surface area contributed by atoms with Crippen molar-refractivity contribution in [2.75, 3.05) is 13.7 Å². The van der Waals surface area contributed by atoms with E-state index in [0.29, 0.717) is 17.2 Å². The number of aromatic nitrogens is 3. The van der Waals surface area contributed by atoms with Gasteiger partial charge in [-0.3, -0.25) is 14.5 Å². The van der Waals surface area contributed by atoms with E-state index in [0.717, 1.165) is 11.1 Å². The second kappa shape index (κ2) is 7.33. The first-order valence-electron chi connectivity index (χ1n) is 7.02. The van der Waals surface area contributed by atoms with Gasteiger partial charge in [-0.05, 0) is 32.1 Å². The van der Waals surface area contributed by atoms with Crippen LogP contribution in [0.4, 0.5) is 0 Å². The van der Waals surface area contributed by atoms with E-state index < -0.39 is 0 Å². The quantitative estimate of drug-likeness (QED) is 0.799. The van der Waals surface area contributed by atoms with Gasteiger partial charge in [0.15, 0.2) is 10.6 Å². The zero-order chi connectivity index (χ0) is 16.1. The molecular weight excluding hydrogens is 300 g/mol. The zero-order valence-corrected chi connectivity index (χ0v) is 13.7.